The number of carbonyl (C=O) groups excluding carboxylic acids is 1. The van der Waals surface area contributed by atoms with Gasteiger partial charge in [0.15, 0.2) is 5.13 Å². The fraction of sp³-hybridized carbons (Fsp3) is 0.333. The lowest BCUT2D eigenvalue weighted by Gasteiger charge is -2.10. The van der Waals surface area contributed by atoms with Crippen molar-refractivity contribution in [3.05, 3.63) is 47.0 Å². The molecule has 2 aromatic rings. The largest absolute Gasteiger partial charge is 0.337 e. The first-order chi connectivity index (χ1) is 10.1. The quantitative estimate of drug-likeness (QED) is 0.861. The van der Waals surface area contributed by atoms with E-state index in [0.717, 1.165) is 18.7 Å². The van der Waals surface area contributed by atoms with Gasteiger partial charge in [-0.2, -0.15) is 0 Å². The maximum Gasteiger partial charge on any atom is 0.321 e. The summed E-state index contributed by atoms with van der Waals surface area (Å²) < 4.78 is 0. The molecule has 0 bridgehead atoms. The van der Waals surface area contributed by atoms with Gasteiger partial charge in [0.1, 0.15) is 0 Å². The molecule has 6 heteroatoms. The highest BCUT2D eigenvalue weighted by molar-refractivity contribution is 7.13. The first kappa shape index (κ1) is 15.5. The van der Waals surface area contributed by atoms with Crippen LogP contribution in [-0.2, 0) is 6.42 Å². The maximum atomic E-state index is 11.7. The second-order valence-corrected chi connectivity index (χ2v) is 5.85. The molecule has 21 heavy (non-hydrogen) atoms. The molecule has 0 aliphatic heterocycles. The number of anilines is 1. The molecule has 0 fully saturated rings. The Morgan fingerprint density at radius 2 is 2.05 bits per heavy atom. The van der Waals surface area contributed by atoms with Gasteiger partial charge in [0.2, 0.25) is 0 Å². The minimum atomic E-state index is -0.211. The minimum Gasteiger partial charge on any atom is -0.337 e. The van der Waals surface area contributed by atoms with Crippen molar-refractivity contribution in [1.29, 1.82) is 0 Å². The van der Waals surface area contributed by atoms with Crippen molar-refractivity contribution in [3.8, 4) is 0 Å². The molecule has 1 heterocycles. The van der Waals surface area contributed by atoms with Crippen LogP contribution in [0.1, 0.15) is 11.3 Å². The molecule has 0 atom stereocenters. The Labute approximate surface area is 129 Å². The molecule has 112 valence electrons. The molecule has 0 aliphatic carbocycles. The summed E-state index contributed by atoms with van der Waals surface area (Å²) in [6.07, 6.45) is 0.779. The Balaban J connectivity index is 1.81. The van der Waals surface area contributed by atoms with E-state index >= 15 is 0 Å². The number of carbonyl (C=O) groups is 1. The normalized spacial score (nSPS) is 10.6. The number of hydrogen-bond donors (Lipinski definition) is 2. The second kappa shape index (κ2) is 7.75. The van der Waals surface area contributed by atoms with E-state index in [1.165, 1.54) is 16.9 Å². The molecule has 0 aliphatic rings. The Kier molecular flexibility index (Phi) is 5.71. The van der Waals surface area contributed by atoms with Gasteiger partial charge in [-0.25, -0.2) is 9.78 Å². The number of nitrogens with zero attached hydrogens (tertiary/aromatic N) is 2. The van der Waals surface area contributed by atoms with Gasteiger partial charge in [-0.15, -0.1) is 11.3 Å². The lowest BCUT2D eigenvalue weighted by Crippen LogP contribution is -2.34. The van der Waals surface area contributed by atoms with Gasteiger partial charge in [0.25, 0.3) is 0 Å². The summed E-state index contributed by atoms with van der Waals surface area (Å²) >= 11 is 1.44. The van der Waals surface area contributed by atoms with Gasteiger partial charge >= 0.3 is 6.03 Å². The van der Waals surface area contributed by atoms with Gasteiger partial charge in [0, 0.05) is 24.9 Å². The summed E-state index contributed by atoms with van der Waals surface area (Å²) in [5.41, 5.74) is 2.18. The number of likely N-dealkylation sites (N-methyl/N-ethyl adjacent to an activating group) is 1. The zero-order valence-electron chi connectivity index (χ0n) is 12.3. The van der Waals surface area contributed by atoms with Crippen LogP contribution in [0.15, 0.2) is 35.7 Å². The van der Waals surface area contributed by atoms with E-state index in [1.807, 2.05) is 42.6 Å². The molecule has 1 aromatic carbocycles. The van der Waals surface area contributed by atoms with Crippen molar-refractivity contribution in [2.24, 2.45) is 0 Å². The number of aromatic nitrogens is 1. The lowest BCUT2D eigenvalue weighted by atomic mass is 10.1. The van der Waals surface area contributed by atoms with E-state index in [4.69, 9.17) is 0 Å². The molecule has 2 amide bonds. The summed E-state index contributed by atoms with van der Waals surface area (Å²) in [5.74, 6) is 0. The molecular formula is C15H20N4OS. The topological polar surface area (TPSA) is 57.3 Å². The van der Waals surface area contributed by atoms with Crippen LogP contribution < -0.4 is 10.6 Å². The van der Waals surface area contributed by atoms with Gasteiger partial charge in [-0.3, -0.25) is 5.32 Å². The number of urea groups is 1. The Morgan fingerprint density at radius 1 is 1.29 bits per heavy atom. The SMILES string of the molecule is CN(C)CCNC(=O)Nc1nc(Cc2ccccc2)cs1. The zero-order valence-corrected chi connectivity index (χ0v) is 13.1. The van der Waals surface area contributed by atoms with Crippen molar-refractivity contribution >= 4 is 22.5 Å². The third-order valence-corrected chi connectivity index (χ3v) is 3.65. The molecule has 0 radical (unpaired) electrons. The second-order valence-electron chi connectivity index (χ2n) is 4.99. The van der Waals surface area contributed by atoms with Crippen LogP contribution >= 0.6 is 11.3 Å². The van der Waals surface area contributed by atoms with Crippen LogP contribution in [-0.4, -0.2) is 43.1 Å². The number of amides is 2. The molecule has 2 N–H and O–H groups in total. The smallest absolute Gasteiger partial charge is 0.321 e. The monoisotopic (exact) mass is 304 g/mol. The van der Waals surface area contributed by atoms with Crippen molar-refractivity contribution < 1.29 is 4.79 Å². The molecule has 0 spiro atoms. The average molecular weight is 304 g/mol. The van der Waals surface area contributed by atoms with Gasteiger partial charge < -0.3 is 10.2 Å². The molecule has 1 aromatic heterocycles. The molecule has 0 unspecified atom stereocenters. The summed E-state index contributed by atoms with van der Waals surface area (Å²) in [4.78, 5) is 18.1. The fourth-order valence-electron chi connectivity index (χ4n) is 1.78. The van der Waals surface area contributed by atoms with Crippen molar-refractivity contribution in [1.82, 2.24) is 15.2 Å². The van der Waals surface area contributed by atoms with Crippen molar-refractivity contribution in [2.75, 3.05) is 32.5 Å². The van der Waals surface area contributed by atoms with Crippen LogP contribution in [0.25, 0.3) is 0 Å². The van der Waals surface area contributed by atoms with Crippen LogP contribution in [0.5, 0.6) is 0 Å². The van der Waals surface area contributed by atoms with Crippen LogP contribution in [0.4, 0.5) is 9.93 Å². The maximum absolute atomic E-state index is 11.7. The first-order valence-corrected chi connectivity index (χ1v) is 7.69. The molecular weight excluding hydrogens is 284 g/mol. The fourth-order valence-corrected chi connectivity index (χ4v) is 2.49. The van der Waals surface area contributed by atoms with Crippen molar-refractivity contribution in [2.45, 2.75) is 6.42 Å². The van der Waals surface area contributed by atoms with Crippen molar-refractivity contribution in [3.63, 3.8) is 0 Å². The predicted molar refractivity (Wildman–Crippen MR) is 86.9 cm³/mol. The summed E-state index contributed by atoms with van der Waals surface area (Å²) in [6, 6.07) is 9.95. The Morgan fingerprint density at radius 3 is 2.76 bits per heavy atom. The molecule has 2 rings (SSSR count). The number of hydrogen-bond acceptors (Lipinski definition) is 4. The summed E-state index contributed by atoms with van der Waals surface area (Å²) in [6.45, 7) is 1.42. The Bertz CT molecular complexity index is 568. The van der Waals surface area contributed by atoms with E-state index in [1.54, 1.807) is 0 Å². The minimum absolute atomic E-state index is 0.211. The van der Waals surface area contributed by atoms with E-state index in [-0.39, 0.29) is 6.03 Å². The van der Waals surface area contributed by atoms with E-state index in [2.05, 4.69) is 27.8 Å². The van der Waals surface area contributed by atoms with E-state index in [0.29, 0.717) is 11.7 Å². The van der Waals surface area contributed by atoms with Crippen LogP contribution in [0, 0.1) is 0 Å². The molecule has 5 nitrogen and oxygen atoms in total. The molecule has 0 saturated carbocycles. The Hall–Kier alpha value is -1.92. The zero-order chi connectivity index (χ0) is 15.1. The first-order valence-electron chi connectivity index (χ1n) is 6.81. The standard InChI is InChI=1S/C15H20N4OS/c1-19(2)9-8-16-14(20)18-15-17-13(11-21-15)10-12-6-4-3-5-7-12/h3-7,11H,8-10H2,1-2H3,(H2,16,17,18,20). The third-order valence-electron chi connectivity index (χ3n) is 2.84. The number of benzene rings is 1. The molecule has 0 saturated heterocycles. The number of thiazole rings is 1. The van der Waals surface area contributed by atoms with E-state index < -0.39 is 0 Å². The van der Waals surface area contributed by atoms with Crippen LogP contribution in [0.3, 0.4) is 0 Å². The average Bonchev–Trinajstić information content (AvgIpc) is 2.86. The highest BCUT2D eigenvalue weighted by atomic mass is 32.1. The van der Waals surface area contributed by atoms with E-state index in [9.17, 15) is 4.79 Å². The highest BCUT2D eigenvalue weighted by Crippen LogP contribution is 2.17. The summed E-state index contributed by atoms with van der Waals surface area (Å²) in [7, 11) is 3.94. The third kappa shape index (κ3) is 5.53. The number of rotatable bonds is 6. The van der Waals surface area contributed by atoms with Gasteiger partial charge in [-0.1, -0.05) is 30.3 Å². The summed E-state index contributed by atoms with van der Waals surface area (Å²) in [5, 5.41) is 8.16. The highest BCUT2D eigenvalue weighted by Gasteiger charge is 2.06. The van der Waals surface area contributed by atoms with Gasteiger partial charge in [-0.05, 0) is 19.7 Å². The predicted octanol–water partition coefficient (Wildman–Crippen LogP) is 2.42. The lowest BCUT2D eigenvalue weighted by molar-refractivity contribution is 0.250. The van der Waals surface area contributed by atoms with Gasteiger partial charge in [0.05, 0.1) is 5.69 Å². The number of nitrogens with one attached hydrogen (secondary N) is 2. The van der Waals surface area contributed by atoms with Crippen LogP contribution in [0.2, 0.25) is 0 Å².